The van der Waals surface area contributed by atoms with Gasteiger partial charge in [-0.05, 0) is 31.9 Å². The zero-order valence-corrected chi connectivity index (χ0v) is 11.3. The maximum atomic E-state index is 4.45. The second kappa shape index (κ2) is 5.43. The average Bonchev–Trinajstić information content (AvgIpc) is 2.73. The smallest absolute Gasteiger partial charge is 0.0897 e. The van der Waals surface area contributed by atoms with Crippen LogP contribution in [0.15, 0.2) is 29.6 Å². The van der Waals surface area contributed by atoms with E-state index in [2.05, 4.69) is 53.8 Å². The molecule has 0 bridgehead atoms. The Bertz CT molecular complexity index is 490. The molecule has 3 heteroatoms. The van der Waals surface area contributed by atoms with Crippen molar-refractivity contribution in [3.8, 4) is 0 Å². The minimum atomic E-state index is 0.359. The van der Waals surface area contributed by atoms with E-state index < -0.39 is 0 Å². The largest absolute Gasteiger partial charge is 0.305 e. The summed E-state index contributed by atoms with van der Waals surface area (Å²) in [5, 5.41) is 6.76. The van der Waals surface area contributed by atoms with Crippen molar-refractivity contribution < 1.29 is 0 Å². The van der Waals surface area contributed by atoms with E-state index >= 15 is 0 Å². The molecule has 0 aliphatic rings. The summed E-state index contributed by atoms with van der Waals surface area (Å²) in [7, 11) is 0. The molecule has 1 heterocycles. The zero-order chi connectivity index (χ0) is 12.3. The number of nitrogens with zero attached hydrogens (tertiary/aromatic N) is 1. The number of hydrogen-bond donors (Lipinski definition) is 1. The summed E-state index contributed by atoms with van der Waals surface area (Å²) in [6.45, 7) is 7.22. The van der Waals surface area contributed by atoms with Gasteiger partial charge in [-0.3, -0.25) is 0 Å². The van der Waals surface area contributed by atoms with E-state index in [1.807, 2.05) is 6.92 Å². The van der Waals surface area contributed by atoms with Gasteiger partial charge < -0.3 is 5.32 Å². The topological polar surface area (TPSA) is 24.9 Å². The first-order valence-electron chi connectivity index (χ1n) is 5.86. The van der Waals surface area contributed by atoms with Crippen LogP contribution in [0.1, 0.15) is 34.8 Å². The minimum Gasteiger partial charge on any atom is -0.305 e. The molecule has 90 valence electrons. The fourth-order valence-corrected chi connectivity index (χ4v) is 2.54. The van der Waals surface area contributed by atoms with Crippen LogP contribution in [0, 0.1) is 13.8 Å². The lowest BCUT2D eigenvalue weighted by molar-refractivity contribution is 0.566. The van der Waals surface area contributed by atoms with Gasteiger partial charge in [0, 0.05) is 18.0 Å². The van der Waals surface area contributed by atoms with E-state index in [-0.39, 0.29) is 0 Å². The van der Waals surface area contributed by atoms with Gasteiger partial charge in [-0.15, -0.1) is 11.3 Å². The molecule has 2 rings (SSSR count). The molecule has 0 radical (unpaired) electrons. The number of aryl methyl sites for hydroxylation is 2. The van der Waals surface area contributed by atoms with Crippen molar-refractivity contribution in [2.45, 2.75) is 33.4 Å². The van der Waals surface area contributed by atoms with E-state index in [9.17, 15) is 0 Å². The van der Waals surface area contributed by atoms with Gasteiger partial charge in [0.15, 0.2) is 0 Å². The minimum absolute atomic E-state index is 0.359. The van der Waals surface area contributed by atoms with Crippen molar-refractivity contribution in [2.75, 3.05) is 0 Å². The van der Waals surface area contributed by atoms with Crippen molar-refractivity contribution in [2.24, 2.45) is 0 Å². The average molecular weight is 246 g/mol. The molecule has 0 amide bonds. The summed E-state index contributed by atoms with van der Waals surface area (Å²) in [5.41, 5.74) is 3.83. The van der Waals surface area contributed by atoms with Gasteiger partial charge in [0.05, 0.1) is 10.7 Å². The molecule has 0 saturated heterocycles. The molecule has 1 atom stereocenters. The molecule has 0 saturated carbocycles. The molecule has 0 fully saturated rings. The number of thiazole rings is 1. The van der Waals surface area contributed by atoms with Crippen LogP contribution in [-0.2, 0) is 6.54 Å². The summed E-state index contributed by atoms with van der Waals surface area (Å²) in [6.07, 6.45) is 0. The molecule has 1 aromatic carbocycles. The lowest BCUT2D eigenvalue weighted by Crippen LogP contribution is -2.19. The van der Waals surface area contributed by atoms with Crippen LogP contribution in [0.25, 0.3) is 0 Å². The number of nitrogens with one attached hydrogen (secondary N) is 1. The fourth-order valence-electron chi connectivity index (χ4n) is 1.93. The van der Waals surface area contributed by atoms with Gasteiger partial charge in [-0.1, -0.05) is 24.3 Å². The molecule has 0 aliphatic carbocycles. The quantitative estimate of drug-likeness (QED) is 0.891. The number of hydrogen-bond acceptors (Lipinski definition) is 3. The fraction of sp³-hybridized carbons (Fsp3) is 0.357. The van der Waals surface area contributed by atoms with Crippen LogP contribution in [-0.4, -0.2) is 4.98 Å². The van der Waals surface area contributed by atoms with Crippen LogP contribution >= 0.6 is 11.3 Å². The maximum Gasteiger partial charge on any atom is 0.0897 e. The molecule has 1 unspecified atom stereocenters. The third-order valence-electron chi connectivity index (χ3n) is 2.91. The van der Waals surface area contributed by atoms with Crippen LogP contribution in [0.2, 0.25) is 0 Å². The summed E-state index contributed by atoms with van der Waals surface area (Å²) in [6, 6.07) is 8.86. The SMILES string of the molecule is Cc1nc(CNC(C)c2ccccc2C)cs1. The molecular weight excluding hydrogens is 228 g/mol. The second-order valence-corrected chi connectivity index (χ2v) is 5.38. The molecule has 1 N–H and O–H groups in total. The van der Waals surface area contributed by atoms with Crippen molar-refractivity contribution in [1.29, 1.82) is 0 Å². The predicted molar refractivity (Wildman–Crippen MR) is 73.3 cm³/mol. The molecule has 17 heavy (non-hydrogen) atoms. The number of rotatable bonds is 4. The molecule has 1 aromatic heterocycles. The first kappa shape index (κ1) is 12.3. The highest BCUT2D eigenvalue weighted by atomic mass is 32.1. The summed E-state index contributed by atoms with van der Waals surface area (Å²) in [5.74, 6) is 0. The summed E-state index contributed by atoms with van der Waals surface area (Å²) < 4.78 is 0. The van der Waals surface area contributed by atoms with Crippen molar-refractivity contribution >= 4 is 11.3 Å². The molecule has 2 nitrogen and oxygen atoms in total. The van der Waals surface area contributed by atoms with Crippen molar-refractivity contribution in [3.63, 3.8) is 0 Å². The first-order valence-corrected chi connectivity index (χ1v) is 6.74. The van der Waals surface area contributed by atoms with Gasteiger partial charge >= 0.3 is 0 Å². The Kier molecular flexibility index (Phi) is 3.92. The summed E-state index contributed by atoms with van der Waals surface area (Å²) >= 11 is 1.70. The standard InChI is InChI=1S/C14H18N2S/c1-10-6-4-5-7-14(10)11(2)15-8-13-9-17-12(3)16-13/h4-7,9,11,15H,8H2,1-3H3. The molecule has 2 aromatic rings. The summed E-state index contributed by atoms with van der Waals surface area (Å²) in [4.78, 5) is 4.45. The molecular formula is C14H18N2S. The van der Waals surface area contributed by atoms with E-state index in [4.69, 9.17) is 0 Å². The third kappa shape index (κ3) is 3.14. The normalized spacial score (nSPS) is 12.6. The van der Waals surface area contributed by atoms with Crippen LogP contribution < -0.4 is 5.32 Å². The van der Waals surface area contributed by atoms with E-state index in [0.29, 0.717) is 6.04 Å². The van der Waals surface area contributed by atoms with Gasteiger partial charge in [0.1, 0.15) is 0 Å². The van der Waals surface area contributed by atoms with Gasteiger partial charge in [-0.25, -0.2) is 4.98 Å². The van der Waals surface area contributed by atoms with Crippen molar-refractivity contribution in [3.05, 3.63) is 51.5 Å². The van der Waals surface area contributed by atoms with E-state index in [1.54, 1.807) is 11.3 Å². The van der Waals surface area contributed by atoms with Gasteiger partial charge in [0.2, 0.25) is 0 Å². The van der Waals surface area contributed by atoms with Gasteiger partial charge in [-0.2, -0.15) is 0 Å². The molecule has 0 spiro atoms. The second-order valence-electron chi connectivity index (χ2n) is 4.32. The van der Waals surface area contributed by atoms with Gasteiger partial charge in [0.25, 0.3) is 0 Å². The van der Waals surface area contributed by atoms with Crippen LogP contribution in [0.3, 0.4) is 0 Å². The highest BCUT2D eigenvalue weighted by Gasteiger charge is 2.07. The van der Waals surface area contributed by atoms with E-state index in [1.165, 1.54) is 11.1 Å². The van der Waals surface area contributed by atoms with Crippen LogP contribution in [0.5, 0.6) is 0 Å². The highest BCUT2D eigenvalue weighted by molar-refractivity contribution is 7.09. The monoisotopic (exact) mass is 246 g/mol. The highest BCUT2D eigenvalue weighted by Crippen LogP contribution is 2.17. The number of aromatic nitrogens is 1. The predicted octanol–water partition coefficient (Wildman–Crippen LogP) is 3.61. The van der Waals surface area contributed by atoms with E-state index in [0.717, 1.165) is 17.2 Å². The maximum absolute atomic E-state index is 4.45. The Hall–Kier alpha value is -1.19. The zero-order valence-electron chi connectivity index (χ0n) is 10.5. The lowest BCUT2D eigenvalue weighted by atomic mass is 10.0. The Balaban J connectivity index is 1.98. The number of benzene rings is 1. The Labute approximate surface area is 107 Å². The van der Waals surface area contributed by atoms with Crippen molar-refractivity contribution in [1.82, 2.24) is 10.3 Å². The first-order chi connectivity index (χ1) is 8.16. The lowest BCUT2D eigenvalue weighted by Gasteiger charge is -2.15. The Morgan fingerprint density at radius 3 is 2.71 bits per heavy atom. The van der Waals surface area contributed by atoms with Crippen LogP contribution in [0.4, 0.5) is 0 Å². The third-order valence-corrected chi connectivity index (χ3v) is 3.73. The Morgan fingerprint density at radius 2 is 2.06 bits per heavy atom. The Morgan fingerprint density at radius 1 is 1.29 bits per heavy atom. The molecule has 0 aliphatic heterocycles.